The third-order valence-electron chi connectivity index (χ3n) is 6.76. The summed E-state index contributed by atoms with van der Waals surface area (Å²) in [5.74, 6) is -5.06. The van der Waals surface area contributed by atoms with Crippen LogP contribution in [0.2, 0.25) is 0 Å². The Morgan fingerprint density at radius 2 is 1.69 bits per heavy atom. The second-order valence-electron chi connectivity index (χ2n) is 8.81. The van der Waals surface area contributed by atoms with Crippen molar-refractivity contribution in [2.24, 2.45) is 11.8 Å². The lowest BCUT2D eigenvalue weighted by Gasteiger charge is -2.32. The normalized spacial score (nSPS) is 23.9. The van der Waals surface area contributed by atoms with Crippen molar-refractivity contribution in [2.45, 2.75) is 38.0 Å². The van der Waals surface area contributed by atoms with Crippen molar-refractivity contribution in [1.82, 2.24) is 15.1 Å². The minimum atomic E-state index is -5.08. The van der Waals surface area contributed by atoms with Crippen molar-refractivity contribution in [3.05, 3.63) is 24.3 Å². The second kappa shape index (κ2) is 12.3. The van der Waals surface area contributed by atoms with Gasteiger partial charge in [-0.05, 0) is 37.6 Å². The van der Waals surface area contributed by atoms with Crippen LogP contribution in [0.4, 0.5) is 23.7 Å². The molecule has 216 valence electrons. The van der Waals surface area contributed by atoms with Gasteiger partial charge >= 0.3 is 24.1 Å². The fraction of sp³-hybridized carbons (Fsp3) is 0.542. The van der Waals surface area contributed by atoms with E-state index < -0.39 is 47.4 Å². The molecule has 2 saturated heterocycles. The fourth-order valence-corrected chi connectivity index (χ4v) is 4.73. The summed E-state index contributed by atoms with van der Waals surface area (Å²) in [6, 6.07) is 5.98. The Kier molecular flexibility index (Phi) is 9.90. The number of ether oxygens (including phenoxy) is 2. The largest absolute Gasteiger partial charge is 0.497 e. The van der Waals surface area contributed by atoms with Crippen molar-refractivity contribution in [2.75, 3.05) is 39.7 Å². The number of anilines is 1. The van der Waals surface area contributed by atoms with Gasteiger partial charge < -0.3 is 24.8 Å². The number of carbonyl (C=O) groups excluding carboxylic acids is 4. The zero-order valence-electron chi connectivity index (χ0n) is 22.0. The average molecular weight is 561 g/mol. The zero-order chi connectivity index (χ0) is 29.7. The molecule has 1 aromatic rings. The lowest BCUT2D eigenvalue weighted by molar-refractivity contribution is -0.192. The maximum Gasteiger partial charge on any atom is 0.490 e. The van der Waals surface area contributed by atoms with E-state index in [9.17, 15) is 32.3 Å². The molecule has 0 bridgehead atoms. The van der Waals surface area contributed by atoms with Gasteiger partial charge in [0.15, 0.2) is 0 Å². The number of hydrogen-bond acceptors (Lipinski definition) is 8. The molecule has 2 aliphatic heterocycles. The fourth-order valence-electron chi connectivity index (χ4n) is 4.73. The number of benzene rings is 1. The summed E-state index contributed by atoms with van der Waals surface area (Å²) < 4.78 is 41.9. The number of alkyl halides is 3. The van der Waals surface area contributed by atoms with E-state index >= 15 is 0 Å². The van der Waals surface area contributed by atoms with E-state index in [-0.39, 0.29) is 24.9 Å². The van der Waals surface area contributed by atoms with Crippen LogP contribution in [0, 0.1) is 11.8 Å². The highest BCUT2D eigenvalue weighted by Crippen LogP contribution is 2.44. The number of likely N-dealkylation sites (N-methyl/N-ethyl adjacent to an activating group) is 1. The van der Waals surface area contributed by atoms with Gasteiger partial charge in [-0.25, -0.2) is 9.59 Å². The highest BCUT2D eigenvalue weighted by molar-refractivity contribution is 6.09. The molecule has 0 unspecified atom stereocenters. The average Bonchev–Trinajstić information content (AvgIpc) is 3.35. The lowest BCUT2D eigenvalue weighted by Crippen LogP contribution is -2.58. The minimum Gasteiger partial charge on any atom is -0.497 e. The van der Waals surface area contributed by atoms with Crippen molar-refractivity contribution in [3.8, 4) is 5.75 Å². The number of imide groups is 1. The Labute approximate surface area is 222 Å². The molecule has 0 aliphatic carbocycles. The Hall–Kier alpha value is -3.88. The molecule has 0 saturated carbocycles. The highest BCUT2D eigenvalue weighted by Gasteiger charge is 2.67. The van der Waals surface area contributed by atoms with Gasteiger partial charge in [0.1, 0.15) is 11.3 Å². The molecule has 1 aromatic carbocycles. The smallest absolute Gasteiger partial charge is 0.490 e. The van der Waals surface area contributed by atoms with Gasteiger partial charge in [0.2, 0.25) is 11.8 Å². The predicted octanol–water partition coefficient (Wildman–Crippen LogP) is 1.71. The van der Waals surface area contributed by atoms with E-state index in [1.807, 2.05) is 6.92 Å². The third-order valence-corrected chi connectivity index (χ3v) is 6.76. The van der Waals surface area contributed by atoms with Crippen LogP contribution >= 0.6 is 0 Å². The van der Waals surface area contributed by atoms with E-state index in [0.717, 1.165) is 4.90 Å². The summed E-state index contributed by atoms with van der Waals surface area (Å²) in [4.78, 5) is 62.9. The Bertz CT molecular complexity index is 1100. The van der Waals surface area contributed by atoms with Crippen LogP contribution in [0.1, 0.15) is 20.3 Å². The number of carbonyl (C=O) groups is 5. The number of fused-ring (bicyclic) bond motifs is 1. The van der Waals surface area contributed by atoms with Gasteiger partial charge in [0, 0.05) is 31.9 Å². The molecular formula is C24H31F3N4O8. The van der Waals surface area contributed by atoms with Crippen LogP contribution in [-0.2, 0) is 23.9 Å². The Morgan fingerprint density at radius 1 is 1.13 bits per heavy atom. The number of nitrogens with one attached hydrogen (secondary N) is 2. The first-order chi connectivity index (χ1) is 18.2. The number of urea groups is 1. The van der Waals surface area contributed by atoms with E-state index in [1.165, 1.54) is 19.1 Å². The predicted molar refractivity (Wildman–Crippen MR) is 130 cm³/mol. The molecule has 2 fully saturated rings. The number of methoxy groups -OCH3 is 2. The van der Waals surface area contributed by atoms with E-state index in [0.29, 0.717) is 18.0 Å². The number of nitrogens with zero attached hydrogens (tertiary/aromatic N) is 2. The molecule has 3 rings (SSSR count). The number of aliphatic carboxylic acids is 1. The number of rotatable bonds is 7. The van der Waals surface area contributed by atoms with Crippen LogP contribution in [0.3, 0.4) is 0 Å². The number of hydrogen-bond donors (Lipinski definition) is 3. The van der Waals surface area contributed by atoms with Crippen LogP contribution in [0.15, 0.2) is 24.3 Å². The number of likely N-dealkylation sites (tertiary alicyclic amines) is 1. The van der Waals surface area contributed by atoms with Gasteiger partial charge in [-0.15, -0.1) is 0 Å². The summed E-state index contributed by atoms with van der Waals surface area (Å²) in [6.45, 7) is 4.10. The van der Waals surface area contributed by atoms with Crippen molar-refractivity contribution in [3.63, 3.8) is 0 Å². The molecule has 0 radical (unpaired) electrons. The molecule has 4 atom stereocenters. The van der Waals surface area contributed by atoms with Gasteiger partial charge in [-0.1, -0.05) is 6.92 Å². The van der Waals surface area contributed by atoms with Crippen LogP contribution in [0.25, 0.3) is 0 Å². The highest BCUT2D eigenvalue weighted by atomic mass is 19.4. The van der Waals surface area contributed by atoms with Gasteiger partial charge in [0.25, 0.3) is 0 Å². The summed E-state index contributed by atoms with van der Waals surface area (Å²) in [7, 11) is 4.24. The van der Waals surface area contributed by atoms with Gasteiger partial charge in [-0.2, -0.15) is 13.2 Å². The van der Waals surface area contributed by atoms with E-state index in [1.54, 1.807) is 38.3 Å². The first-order valence-corrected chi connectivity index (χ1v) is 11.9. The quantitative estimate of drug-likeness (QED) is 0.334. The molecule has 0 aromatic heterocycles. The lowest BCUT2D eigenvalue weighted by atomic mass is 9.78. The zero-order valence-corrected chi connectivity index (χ0v) is 22.0. The molecular weight excluding hydrogens is 529 g/mol. The summed E-state index contributed by atoms with van der Waals surface area (Å²) in [6.07, 6.45) is -4.81. The molecule has 12 nitrogen and oxygen atoms in total. The maximum atomic E-state index is 12.9. The van der Waals surface area contributed by atoms with Crippen molar-refractivity contribution in [1.29, 1.82) is 0 Å². The number of carboxylic acid groups (broad SMARTS) is 1. The number of amides is 4. The van der Waals surface area contributed by atoms with Crippen LogP contribution in [0.5, 0.6) is 5.75 Å². The molecule has 2 aliphatic rings. The van der Waals surface area contributed by atoms with E-state index in [2.05, 4.69) is 10.6 Å². The van der Waals surface area contributed by atoms with Crippen molar-refractivity contribution < 1.29 is 51.7 Å². The summed E-state index contributed by atoms with van der Waals surface area (Å²) >= 11 is 0. The topological polar surface area (TPSA) is 155 Å². The third kappa shape index (κ3) is 6.41. The first kappa shape index (κ1) is 31.3. The molecule has 15 heteroatoms. The summed E-state index contributed by atoms with van der Waals surface area (Å²) in [5.41, 5.74) is -0.719. The van der Waals surface area contributed by atoms with Gasteiger partial charge in [-0.3, -0.25) is 24.6 Å². The molecule has 0 spiro atoms. The molecule has 4 amide bonds. The Balaban J connectivity index is 0.000000673. The summed E-state index contributed by atoms with van der Waals surface area (Å²) in [5, 5.41) is 13.2. The van der Waals surface area contributed by atoms with Crippen LogP contribution < -0.4 is 15.4 Å². The molecule has 2 heterocycles. The second-order valence-corrected chi connectivity index (χ2v) is 8.81. The monoisotopic (exact) mass is 560 g/mol. The number of esters is 1. The van der Waals surface area contributed by atoms with Crippen molar-refractivity contribution >= 4 is 35.5 Å². The van der Waals surface area contributed by atoms with E-state index in [4.69, 9.17) is 19.4 Å². The van der Waals surface area contributed by atoms with Crippen LogP contribution in [-0.4, -0.2) is 96.8 Å². The first-order valence-electron chi connectivity index (χ1n) is 11.9. The Morgan fingerprint density at radius 3 is 2.13 bits per heavy atom. The maximum absolute atomic E-state index is 12.9. The molecule has 3 N–H and O–H groups in total. The SMILES string of the molecule is CCN(C[C@H]1N[C@@](CC)(C(=O)OC)[C@H]2C(=O)N(C)C(=O)[C@@H]12)C(=O)Nc1ccc(OC)cc1.O=C(O)C(F)(F)F. The number of halogens is 3. The minimum absolute atomic E-state index is 0.144. The standard InChI is InChI=1S/C22H30N4O6.C2HF3O2/c1-6-22(20(29)32-5)17-16(18(27)25(3)19(17)28)15(24-22)12-26(7-2)21(30)23-13-8-10-14(31-4)11-9-13;3-2(4,5)1(6)7/h8-11,15-17,24H,6-7,12H2,1-5H3,(H,23,30);(H,6,7)/t15-,16+,17-,22-;/m1./s1. The number of carboxylic acids is 1. The van der Waals surface area contributed by atoms with Gasteiger partial charge in [0.05, 0.1) is 26.1 Å². The molecule has 39 heavy (non-hydrogen) atoms.